The van der Waals surface area contributed by atoms with Gasteiger partial charge >= 0.3 is 6.18 Å². The lowest BCUT2D eigenvalue weighted by molar-refractivity contribution is -0.138. The molecule has 23 heavy (non-hydrogen) atoms. The highest BCUT2D eigenvalue weighted by molar-refractivity contribution is 9.10. The van der Waals surface area contributed by atoms with E-state index in [0.29, 0.717) is 16.8 Å². The molecule has 0 radical (unpaired) electrons. The molecule has 3 aromatic rings. The van der Waals surface area contributed by atoms with Gasteiger partial charge < -0.3 is 4.98 Å². The van der Waals surface area contributed by atoms with Crippen LogP contribution in [0.3, 0.4) is 0 Å². The van der Waals surface area contributed by atoms with Crippen molar-refractivity contribution < 1.29 is 17.6 Å². The number of fused-ring (bicyclic) bond motifs is 1. The summed E-state index contributed by atoms with van der Waals surface area (Å²) < 4.78 is 52.6. The summed E-state index contributed by atoms with van der Waals surface area (Å²) in [6, 6.07) is 11.7. The average Bonchev–Trinajstić information content (AvgIpc) is 2.94. The van der Waals surface area contributed by atoms with Gasteiger partial charge in [-0.05, 0) is 33.6 Å². The molecule has 1 heterocycles. The van der Waals surface area contributed by atoms with E-state index in [1.165, 1.54) is 17.8 Å². The number of thioether (sulfide) groups is 1. The number of aromatic nitrogens is 1. The Labute approximate surface area is 142 Å². The smallest absolute Gasteiger partial charge is 0.347 e. The molecule has 2 aromatic carbocycles. The summed E-state index contributed by atoms with van der Waals surface area (Å²) in [4.78, 5) is 2.84. The number of rotatable bonds is 3. The molecule has 0 aliphatic rings. The minimum Gasteiger partial charge on any atom is -0.347 e. The molecule has 0 unspecified atom stereocenters. The quantitative estimate of drug-likeness (QED) is 0.396. The van der Waals surface area contributed by atoms with Crippen LogP contribution in [0, 0.1) is 5.82 Å². The monoisotopic (exact) mass is 403 g/mol. The Morgan fingerprint density at radius 3 is 2.43 bits per heavy atom. The van der Waals surface area contributed by atoms with Crippen LogP contribution in [0.15, 0.2) is 52.0 Å². The van der Waals surface area contributed by atoms with Crippen LogP contribution in [-0.4, -0.2) is 4.98 Å². The molecule has 0 fully saturated rings. The summed E-state index contributed by atoms with van der Waals surface area (Å²) in [6.45, 7) is 0. The highest BCUT2D eigenvalue weighted by Crippen LogP contribution is 2.41. The minimum atomic E-state index is -4.61. The fraction of sp³-hybridized carbons (Fsp3) is 0.125. The van der Waals surface area contributed by atoms with Gasteiger partial charge in [-0.15, -0.1) is 11.8 Å². The normalized spacial score (nSPS) is 12.0. The standard InChI is InChI=1S/C16H10BrF4NS/c17-14-10-6-13(23-8-9-4-2-1-3-5-9)22-15(10)12(18)7-11(14)16(19,20)21/h1-7,22H,8H2. The molecule has 3 rings (SSSR count). The van der Waals surface area contributed by atoms with Crippen molar-refractivity contribution in [1.82, 2.24) is 4.98 Å². The van der Waals surface area contributed by atoms with Crippen molar-refractivity contribution in [3.63, 3.8) is 0 Å². The Hall–Kier alpha value is -1.47. The molecule has 0 saturated carbocycles. The maximum absolute atomic E-state index is 14.0. The van der Waals surface area contributed by atoms with Gasteiger partial charge in [0.15, 0.2) is 0 Å². The molecule has 0 aliphatic carbocycles. The first kappa shape index (κ1) is 16.4. The van der Waals surface area contributed by atoms with E-state index in [1.807, 2.05) is 30.3 Å². The van der Waals surface area contributed by atoms with Crippen LogP contribution in [0.2, 0.25) is 0 Å². The van der Waals surface area contributed by atoms with Crippen LogP contribution in [-0.2, 0) is 11.9 Å². The van der Waals surface area contributed by atoms with Crippen molar-refractivity contribution in [3.8, 4) is 0 Å². The van der Waals surface area contributed by atoms with E-state index in [-0.39, 0.29) is 15.4 Å². The van der Waals surface area contributed by atoms with Crippen LogP contribution < -0.4 is 0 Å². The zero-order valence-corrected chi connectivity index (χ0v) is 13.9. The van der Waals surface area contributed by atoms with Gasteiger partial charge in [0, 0.05) is 15.6 Å². The lowest BCUT2D eigenvalue weighted by Crippen LogP contribution is -2.06. The van der Waals surface area contributed by atoms with Gasteiger partial charge in [0.1, 0.15) is 5.82 Å². The van der Waals surface area contributed by atoms with E-state index in [2.05, 4.69) is 20.9 Å². The predicted molar refractivity (Wildman–Crippen MR) is 87.0 cm³/mol. The van der Waals surface area contributed by atoms with E-state index >= 15 is 0 Å². The molecule has 7 heteroatoms. The Kier molecular flexibility index (Phi) is 4.42. The van der Waals surface area contributed by atoms with Crippen molar-refractivity contribution in [2.75, 3.05) is 0 Å². The number of aromatic amines is 1. The third kappa shape index (κ3) is 3.40. The first-order valence-corrected chi connectivity index (χ1v) is 8.39. The molecule has 0 aliphatic heterocycles. The Balaban J connectivity index is 1.95. The maximum atomic E-state index is 14.0. The summed E-state index contributed by atoms with van der Waals surface area (Å²) in [5.41, 5.74) is 0.133. The molecule has 1 aromatic heterocycles. The zero-order chi connectivity index (χ0) is 16.6. The van der Waals surface area contributed by atoms with Gasteiger partial charge in [-0.25, -0.2) is 4.39 Å². The average molecular weight is 404 g/mol. The van der Waals surface area contributed by atoms with E-state index in [1.54, 1.807) is 0 Å². The number of H-pyrrole nitrogens is 1. The van der Waals surface area contributed by atoms with E-state index in [0.717, 1.165) is 5.56 Å². The minimum absolute atomic E-state index is 0.0698. The molecule has 0 amide bonds. The highest BCUT2D eigenvalue weighted by Gasteiger charge is 2.35. The Bertz CT molecular complexity index is 843. The molecule has 0 spiro atoms. The van der Waals surface area contributed by atoms with Gasteiger partial charge in [0.2, 0.25) is 0 Å². The van der Waals surface area contributed by atoms with Crippen LogP contribution in [0.25, 0.3) is 10.9 Å². The third-order valence-corrected chi connectivity index (χ3v) is 5.18. The summed E-state index contributed by atoms with van der Waals surface area (Å²) >= 11 is 4.35. The number of benzene rings is 2. The molecule has 0 bridgehead atoms. The summed E-state index contributed by atoms with van der Waals surface area (Å²) in [6.07, 6.45) is -4.61. The van der Waals surface area contributed by atoms with Gasteiger partial charge in [0.05, 0.1) is 16.1 Å². The lowest BCUT2D eigenvalue weighted by Gasteiger charge is -2.10. The SMILES string of the molecule is Fc1cc(C(F)(F)F)c(Br)c2cc(SCc3ccccc3)[nH]c12. The molecule has 0 saturated heterocycles. The summed E-state index contributed by atoms with van der Waals surface area (Å²) in [7, 11) is 0. The second kappa shape index (κ2) is 6.20. The van der Waals surface area contributed by atoms with E-state index in [4.69, 9.17) is 0 Å². The van der Waals surface area contributed by atoms with E-state index in [9.17, 15) is 17.6 Å². The Morgan fingerprint density at radius 2 is 1.78 bits per heavy atom. The molecular weight excluding hydrogens is 394 g/mol. The second-order valence-electron chi connectivity index (χ2n) is 4.91. The highest BCUT2D eigenvalue weighted by atomic mass is 79.9. The van der Waals surface area contributed by atoms with Gasteiger partial charge in [0.25, 0.3) is 0 Å². The number of hydrogen-bond donors (Lipinski definition) is 1. The maximum Gasteiger partial charge on any atom is 0.417 e. The molecule has 0 atom stereocenters. The largest absolute Gasteiger partial charge is 0.417 e. The van der Waals surface area contributed by atoms with Crippen molar-refractivity contribution in [1.29, 1.82) is 0 Å². The number of alkyl halides is 3. The summed E-state index contributed by atoms with van der Waals surface area (Å²) in [5, 5.41) is 0.802. The van der Waals surface area contributed by atoms with Crippen LogP contribution in [0.5, 0.6) is 0 Å². The molecule has 1 N–H and O–H groups in total. The fourth-order valence-corrected chi connectivity index (χ4v) is 3.76. The van der Waals surface area contributed by atoms with Crippen molar-refractivity contribution in [2.45, 2.75) is 17.0 Å². The van der Waals surface area contributed by atoms with E-state index < -0.39 is 17.6 Å². The zero-order valence-electron chi connectivity index (χ0n) is 11.5. The molecule has 1 nitrogen and oxygen atoms in total. The molecular formula is C16H10BrF4NS. The number of nitrogens with one attached hydrogen (secondary N) is 1. The summed E-state index contributed by atoms with van der Waals surface area (Å²) in [5.74, 6) is -0.277. The first-order chi connectivity index (χ1) is 10.9. The predicted octanol–water partition coefficient (Wildman–Crippen LogP) is 6.38. The first-order valence-electron chi connectivity index (χ1n) is 6.61. The van der Waals surface area contributed by atoms with Gasteiger partial charge in [-0.3, -0.25) is 0 Å². The third-order valence-electron chi connectivity index (χ3n) is 3.32. The second-order valence-corrected chi connectivity index (χ2v) is 6.72. The number of halogens is 5. The van der Waals surface area contributed by atoms with Crippen LogP contribution in [0.1, 0.15) is 11.1 Å². The van der Waals surface area contributed by atoms with Crippen LogP contribution >= 0.6 is 27.7 Å². The number of hydrogen-bond acceptors (Lipinski definition) is 1. The lowest BCUT2D eigenvalue weighted by atomic mass is 10.1. The van der Waals surface area contributed by atoms with Crippen LogP contribution in [0.4, 0.5) is 17.6 Å². The topological polar surface area (TPSA) is 15.8 Å². The Morgan fingerprint density at radius 1 is 1.09 bits per heavy atom. The van der Waals surface area contributed by atoms with Gasteiger partial charge in [-0.2, -0.15) is 13.2 Å². The van der Waals surface area contributed by atoms with Crippen molar-refractivity contribution >= 4 is 38.6 Å². The van der Waals surface area contributed by atoms with Gasteiger partial charge in [-0.1, -0.05) is 30.3 Å². The van der Waals surface area contributed by atoms with Crippen molar-refractivity contribution in [3.05, 3.63) is 63.9 Å². The fourth-order valence-electron chi connectivity index (χ4n) is 2.22. The van der Waals surface area contributed by atoms with Crippen molar-refractivity contribution in [2.24, 2.45) is 0 Å². The molecule has 120 valence electrons.